The number of aliphatic hydroxyl groups excluding tert-OH is 1. The number of H-pyrrole nitrogens is 1. The molecule has 1 heterocycles. The number of carboxylic acid groups (broad SMARTS) is 1. The van der Waals surface area contributed by atoms with Crippen molar-refractivity contribution in [2.45, 2.75) is 141 Å². The molecular weight excluding hydrogens is 1000 g/mol. The Morgan fingerprint density at radius 2 is 1.11 bits per heavy atom. The van der Waals surface area contributed by atoms with Crippen LogP contribution >= 0.6 is 11.8 Å². The fraction of sp³-hybridized carbons (Fsp3) is 0.538. The minimum absolute atomic E-state index is 0.0301. The summed E-state index contributed by atoms with van der Waals surface area (Å²) in [6, 6.07) is 3.96. The molecule has 2 aromatic carbocycles. The van der Waals surface area contributed by atoms with Crippen LogP contribution in [0, 0.1) is 17.8 Å². The molecule has 0 radical (unpaired) electrons. The molecule has 0 aliphatic heterocycles. The van der Waals surface area contributed by atoms with E-state index in [1.807, 2.05) is 6.26 Å². The Morgan fingerprint density at radius 3 is 1.61 bits per heavy atom. The highest BCUT2D eigenvalue weighted by atomic mass is 32.2. The van der Waals surface area contributed by atoms with Crippen molar-refractivity contribution in [3.63, 3.8) is 0 Å². The first-order valence-corrected chi connectivity index (χ1v) is 26.7. The Balaban J connectivity index is 1.98. The van der Waals surface area contributed by atoms with Crippen LogP contribution in [0.3, 0.4) is 0 Å². The quantitative estimate of drug-likeness (QED) is 0.0390. The highest BCUT2D eigenvalue weighted by Gasteiger charge is 2.37. The zero-order chi connectivity index (χ0) is 56.6. The van der Waals surface area contributed by atoms with Gasteiger partial charge in [-0.1, -0.05) is 90.4 Å². The van der Waals surface area contributed by atoms with Crippen LogP contribution in [0.15, 0.2) is 67.1 Å². The van der Waals surface area contributed by atoms with Gasteiger partial charge in [-0.25, -0.2) is 9.78 Å². The Labute approximate surface area is 447 Å². The summed E-state index contributed by atoms with van der Waals surface area (Å²) >= 11 is 1.44. The number of rotatable bonds is 32. The second-order valence-corrected chi connectivity index (χ2v) is 20.5. The fourth-order valence-electron chi connectivity index (χ4n) is 7.87. The van der Waals surface area contributed by atoms with Crippen LogP contribution < -0.4 is 48.3 Å². The number of aliphatic hydroxyl groups is 1. The summed E-state index contributed by atoms with van der Waals surface area (Å²) in [7, 11) is 0. The molecule has 14 N–H and O–H groups in total. The van der Waals surface area contributed by atoms with E-state index in [9.17, 15) is 58.5 Å². The number of imidazole rings is 1. The lowest BCUT2D eigenvalue weighted by Crippen LogP contribution is -2.62. The molecule has 3 aromatic rings. The predicted octanol–water partition coefficient (Wildman–Crippen LogP) is -0.0530. The number of aromatic amines is 1. The lowest BCUT2D eigenvalue weighted by molar-refractivity contribution is -0.144. The van der Waals surface area contributed by atoms with E-state index < -0.39 is 120 Å². The number of nitrogens with two attached hydrogens (primary N) is 1. The number of aromatic hydroxyl groups is 1. The van der Waals surface area contributed by atoms with Crippen LogP contribution in [0.25, 0.3) is 0 Å². The van der Waals surface area contributed by atoms with Gasteiger partial charge in [-0.2, -0.15) is 11.8 Å². The second kappa shape index (κ2) is 31.7. The third kappa shape index (κ3) is 20.9. The van der Waals surface area contributed by atoms with Crippen molar-refractivity contribution >= 4 is 65.0 Å². The molecule has 0 unspecified atom stereocenters. The third-order valence-corrected chi connectivity index (χ3v) is 13.1. The van der Waals surface area contributed by atoms with E-state index in [4.69, 9.17) is 5.73 Å². The van der Waals surface area contributed by atoms with Crippen molar-refractivity contribution in [3.05, 3.63) is 83.9 Å². The van der Waals surface area contributed by atoms with Gasteiger partial charge in [0.05, 0.1) is 19.0 Å². The van der Waals surface area contributed by atoms with Gasteiger partial charge in [0, 0.05) is 31.2 Å². The Bertz CT molecular complexity index is 2370. The number of benzene rings is 2. The number of phenols is 1. The average Bonchev–Trinajstić information content (AvgIpc) is 3.89. The maximum Gasteiger partial charge on any atom is 0.326 e. The van der Waals surface area contributed by atoms with Gasteiger partial charge >= 0.3 is 5.97 Å². The lowest BCUT2D eigenvalue weighted by Gasteiger charge is -2.30. The molecule has 418 valence electrons. The van der Waals surface area contributed by atoms with Gasteiger partial charge in [-0.05, 0) is 72.8 Å². The van der Waals surface area contributed by atoms with Crippen LogP contribution in [-0.4, -0.2) is 152 Å². The average molecular weight is 1080 g/mol. The largest absolute Gasteiger partial charge is 0.508 e. The standard InChI is InChI=1S/C52H77N11O12S/c1-9-30(6)43(62-48(70)39(23-33-15-17-35(65)18-16-33)58-45(67)36(19-20-76-8)56-41(66)25-53)50(72)60-38(22-32-13-11-10-12-14-32)47(69)57-37(21-28(2)3)46(68)59-40(24-34-26-54-27-55-34)49(71)63-44(31(7)64)51(73)61-42(29(4)5)52(74)75/h10-18,26-31,36-40,42-44,64-65H,9,19-25,53H2,1-8H3,(H,54,55)(H,56,66)(H,57,69)(H,58,67)(H,59,68)(H,60,72)(H,61,73)(H,62,70)(H,63,71)(H,74,75)/t30-,31+,36-,37-,38-,39-,40-,42-,43-,44-/m0/s1. The maximum atomic E-state index is 14.6. The van der Waals surface area contributed by atoms with Crippen LogP contribution in [0.5, 0.6) is 5.75 Å². The highest BCUT2D eigenvalue weighted by Crippen LogP contribution is 2.16. The molecule has 0 saturated carbocycles. The number of phenolic OH excluding ortho intramolecular Hbond substituents is 1. The molecule has 0 saturated heterocycles. The SMILES string of the molecule is CC[C@H](C)[C@H](NC(=O)[C@H](Cc1ccc(O)cc1)NC(=O)[C@H](CCSC)NC(=O)CN)C(=O)N[C@@H](Cc1ccccc1)C(=O)N[C@@H](CC(C)C)C(=O)N[C@@H](Cc1cnc[nH]1)C(=O)N[C@H](C(=O)N[C@H](C(=O)O)C(C)C)[C@@H](C)O. The van der Waals surface area contributed by atoms with E-state index in [1.54, 1.807) is 84.0 Å². The number of nitrogens with one attached hydrogen (secondary N) is 9. The first kappa shape index (κ1) is 63.2. The van der Waals surface area contributed by atoms with Crippen LogP contribution in [-0.2, 0) is 62.4 Å². The lowest BCUT2D eigenvalue weighted by atomic mass is 9.96. The number of amides is 8. The molecule has 0 fully saturated rings. The van der Waals surface area contributed by atoms with Crippen molar-refractivity contribution in [1.29, 1.82) is 0 Å². The van der Waals surface area contributed by atoms with E-state index in [1.165, 1.54) is 43.3 Å². The summed E-state index contributed by atoms with van der Waals surface area (Å²) in [6.45, 7) is 11.1. The van der Waals surface area contributed by atoms with Crippen molar-refractivity contribution in [3.8, 4) is 5.75 Å². The Morgan fingerprint density at radius 1 is 0.618 bits per heavy atom. The van der Waals surface area contributed by atoms with Crippen molar-refractivity contribution in [2.24, 2.45) is 23.5 Å². The van der Waals surface area contributed by atoms with Crippen molar-refractivity contribution in [1.82, 2.24) is 52.5 Å². The minimum Gasteiger partial charge on any atom is -0.508 e. The summed E-state index contributed by atoms with van der Waals surface area (Å²) in [5.41, 5.74) is 7.09. The van der Waals surface area contributed by atoms with Crippen LogP contribution in [0.2, 0.25) is 0 Å². The van der Waals surface area contributed by atoms with Crippen molar-refractivity contribution in [2.75, 3.05) is 18.6 Å². The number of thioether (sulfide) groups is 1. The van der Waals surface area contributed by atoms with Gasteiger partial charge in [-0.15, -0.1) is 0 Å². The monoisotopic (exact) mass is 1080 g/mol. The highest BCUT2D eigenvalue weighted by molar-refractivity contribution is 7.98. The number of hydrogen-bond acceptors (Lipinski definition) is 14. The number of hydrogen-bond donors (Lipinski definition) is 13. The minimum atomic E-state index is -1.64. The fourth-order valence-corrected chi connectivity index (χ4v) is 8.34. The predicted molar refractivity (Wildman–Crippen MR) is 285 cm³/mol. The van der Waals surface area contributed by atoms with Gasteiger partial charge in [-0.3, -0.25) is 38.4 Å². The summed E-state index contributed by atoms with van der Waals surface area (Å²) in [6.07, 6.45) is 3.35. The molecule has 10 atom stereocenters. The Hall–Kier alpha value is -7.05. The summed E-state index contributed by atoms with van der Waals surface area (Å²) in [4.78, 5) is 130. The first-order chi connectivity index (χ1) is 36.0. The van der Waals surface area contributed by atoms with Gasteiger partial charge in [0.15, 0.2) is 0 Å². The molecule has 24 heteroatoms. The molecule has 76 heavy (non-hydrogen) atoms. The van der Waals surface area contributed by atoms with E-state index in [-0.39, 0.29) is 50.3 Å². The Kier molecular flexibility index (Phi) is 26.4. The maximum absolute atomic E-state index is 14.6. The summed E-state index contributed by atoms with van der Waals surface area (Å²) < 4.78 is 0. The number of carboxylic acids is 1. The van der Waals surface area contributed by atoms with E-state index in [2.05, 4.69) is 52.5 Å². The van der Waals surface area contributed by atoms with Gasteiger partial charge in [0.2, 0.25) is 47.3 Å². The van der Waals surface area contributed by atoms with E-state index in [0.29, 0.717) is 29.0 Å². The normalized spacial score (nSPS) is 15.2. The first-order valence-electron chi connectivity index (χ1n) is 25.3. The van der Waals surface area contributed by atoms with E-state index >= 15 is 0 Å². The van der Waals surface area contributed by atoms with Crippen LogP contribution in [0.4, 0.5) is 0 Å². The summed E-state index contributed by atoms with van der Waals surface area (Å²) in [5, 5.41) is 51.3. The second-order valence-electron chi connectivity index (χ2n) is 19.5. The number of aromatic nitrogens is 2. The number of carbonyl (C=O) groups is 9. The molecule has 23 nitrogen and oxygen atoms in total. The third-order valence-electron chi connectivity index (χ3n) is 12.4. The van der Waals surface area contributed by atoms with Crippen LogP contribution in [0.1, 0.15) is 84.5 Å². The molecule has 0 spiro atoms. The molecular formula is C52H77N11O12S. The van der Waals surface area contributed by atoms with Gasteiger partial charge < -0.3 is 68.6 Å². The molecule has 0 bridgehead atoms. The summed E-state index contributed by atoms with van der Waals surface area (Å²) in [5.74, 6) is -8.48. The molecule has 0 aliphatic rings. The molecule has 8 amide bonds. The zero-order valence-corrected chi connectivity index (χ0v) is 45.2. The van der Waals surface area contributed by atoms with Crippen molar-refractivity contribution < 1.29 is 58.5 Å². The molecule has 0 aliphatic carbocycles. The van der Waals surface area contributed by atoms with Gasteiger partial charge in [0.25, 0.3) is 0 Å². The molecule has 1 aromatic heterocycles. The number of nitrogens with zero attached hydrogens (tertiary/aromatic N) is 1. The zero-order valence-electron chi connectivity index (χ0n) is 44.4. The van der Waals surface area contributed by atoms with E-state index in [0.717, 1.165) is 0 Å². The smallest absolute Gasteiger partial charge is 0.326 e. The topological polar surface area (TPSA) is 365 Å². The molecule has 3 rings (SSSR count). The number of carbonyl (C=O) groups excluding carboxylic acids is 8. The van der Waals surface area contributed by atoms with Gasteiger partial charge in [0.1, 0.15) is 54.1 Å². The number of aliphatic carboxylic acids is 1.